The summed E-state index contributed by atoms with van der Waals surface area (Å²) in [6.07, 6.45) is 3.23. The molecule has 0 radical (unpaired) electrons. The smallest absolute Gasteiger partial charge is 0.126 e. The van der Waals surface area contributed by atoms with Crippen LogP contribution in [-0.4, -0.2) is 38.5 Å². The molecule has 1 heterocycles. The van der Waals surface area contributed by atoms with E-state index in [4.69, 9.17) is 9.47 Å². The van der Waals surface area contributed by atoms with Crippen molar-refractivity contribution in [3.63, 3.8) is 0 Å². The maximum Gasteiger partial charge on any atom is 0.126 e. The average Bonchev–Trinajstić information content (AvgIpc) is 2.47. The molecular weight excluding hydrogens is 254 g/mol. The highest BCUT2D eigenvalue weighted by Crippen LogP contribution is 2.34. The number of likely N-dealkylation sites (N-methyl/N-ethyl adjacent to an activating group) is 1. The van der Waals surface area contributed by atoms with E-state index in [9.17, 15) is 5.11 Å². The lowest BCUT2D eigenvalue weighted by molar-refractivity contribution is 0.0215. The highest BCUT2D eigenvalue weighted by molar-refractivity contribution is 5.60. The summed E-state index contributed by atoms with van der Waals surface area (Å²) in [6, 6.07) is 5.86. The summed E-state index contributed by atoms with van der Waals surface area (Å²) in [4.78, 5) is 2.15. The van der Waals surface area contributed by atoms with Gasteiger partial charge in [-0.3, -0.25) is 0 Å². The lowest BCUT2D eigenvalue weighted by Gasteiger charge is -2.30. The van der Waals surface area contributed by atoms with E-state index in [1.807, 2.05) is 25.2 Å². The SMILES string of the molecule is COc1cccc(N(C)CC2CCCCO2)c1C(C)O. The summed E-state index contributed by atoms with van der Waals surface area (Å²) >= 11 is 0. The number of benzene rings is 1. The van der Waals surface area contributed by atoms with E-state index >= 15 is 0 Å². The first-order valence-electron chi connectivity index (χ1n) is 7.31. The quantitative estimate of drug-likeness (QED) is 0.900. The molecule has 2 atom stereocenters. The van der Waals surface area contributed by atoms with E-state index in [1.165, 1.54) is 6.42 Å². The van der Waals surface area contributed by atoms with Crippen molar-refractivity contribution in [2.45, 2.75) is 38.4 Å². The van der Waals surface area contributed by atoms with Gasteiger partial charge in [-0.2, -0.15) is 0 Å². The second kappa shape index (κ2) is 6.95. The molecule has 2 rings (SSSR count). The Morgan fingerprint density at radius 3 is 2.85 bits per heavy atom. The van der Waals surface area contributed by atoms with Crippen LogP contribution in [0.3, 0.4) is 0 Å². The van der Waals surface area contributed by atoms with Crippen molar-refractivity contribution in [3.8, 4) is 5.75 Å². The van der Waals surface area contributed by atoms with Gasteiger partial charge in [0, 0.05) is 31.5 Å². The van der Waals surface area contributed by atoms with Crippen LogP contribution in [0.4, 0.5) is 5.69 Å². The molecular formula is C16H25NO3. The topological polar surface area (TPSA) is 41.9 Å². The van der Waals surface area contributed by atoms with E-state index < -0.39 is 6.10 Å². The number of methoxy groups -OCH3 is 1. The first-order valence-corrected chi connectivity index (χ1v) is 7.31. The molecule has 2 unspecified atom stereocenters. The van der Waals surface area contributed by atoms with Crippen LogP contribution in [0.1, 0.15) is 37.9 Å². The number of anilines is 1. The Morgan fingerprint density at radius 1 is 1.45 bits per heavy atom. The largest absolute Gasteiger partial charge is 0.496 e. The molecule has 0 amide bonds. The predicted octanol–water partition coefficient (Wildman–Crippen LogP) is 2.75. The van der Waals surface area contributed by atoms with E-state index in [0.717, 1.165) is 43.0 Å². The van der Waals surface area contributed by atoms with Crippen LogP contribution < -0.4 is 9.64 Å². The molecule has 1 N–H and O–H groups in total. The second-order valence-electron chi connectivity index (χ2n) is 5.44. The third-order valence-corrected chi connectivity index (χ3v) is 3.84. The van der Waals surface area contributed by atoms with E-state index in [1.54, 1.807) is 14.0 Å². The summed E-state index contributed by atoms with van der Waals surface area (Å²) in [7, 11) is 3.67. The van der Waals surface area contributed by atoms with Gasteiger partial charge in [-0.05, 0) is 38.3 Å². The van der Waals surface area contributed by atoms with Gasteiger partial charge in [0.05, 0.1) is 19.3 Å². The van der Waals surface area contributed by atoms with Gasteiger partial charge in [0.25, 0.3) is 0 Å². The lowest BCUT2D eigenvalue weighted by Crippen LogP contribution is -2.34. The average molecular weight is 279 g/mol. The molecule has 1 fully saturated rings. The van der Waals surface area contributed by atoms with E-state index in [-0.39, 0.29) is 6.10 Å². The molecule has 1 aromatic rings. The molecule has 0 saturated carbocycles. The number of hydrogen-bond donors (Lipinski definition) is 1. The maximum absolute atomic E-state index is 10.0. The first kappa shape index (κ1) is 15.1. The second-order valence-corrected chi connectivity index (χ2v) is 5.44. The van der Waals surface area contributed by atoms with Crippen molar-refractivity contribution < 1.29 is 14.6 Å². The Morgan fingerprint density at radius 2 is 2.25 bits per heavy atom. The summed E-state index contributed by atoms with van der Waals surface area (Å²) in [5, 5.41) is 10.0. The minimum atomic E-state index is -0.559. The van der Waals surface area contributed by atoms with Gasteiger partial charge in [0.1, 0.15) is 5.75 Å². The van der Waals surface area contributed by atoms with Crippen LogP contribution in [0.25, 0.3) is 0 Å². The van der Waals surface area contributed by atoms with Gasteiger partial charge in [0.15, 0.2) is 0 Å². The summed E-state index contributed by atoms with van der Waals surface area (Å²) in [5.74, 6) is 0.730. The molecule has 112 valence electrons. The molecule has 0 aromatic heterocycles. The molecule has 0 spiro atoms. The van der Waals surface area contributed by atoms with Crippen molar-refractivity contribution in [1.82, 2.24) is 0 Å². The minimum Gasteiger partial charge on any atom is -0.496 e. The zero-order chi connectivity index (χ0) is 14.5. The van der Waals surface area contributed by atoms with Gasteiger partial charge >= 0.3 is 0 Å². The Hall–Kier alpha value is -1.26. The molecule has 20 heavy (non-hydrogen) atoms. The predicted molar refractivity (Wildman–Crippen MR) is 80.5 cm³/mol. The fourth-order valence-electron chi connectivity index (χ4n) is 2.82. The molecule has 1 aromatic carbocycles. The Bertz CT molecular complexity index is 428. The number of aliphatic hydroxyl groups excluding tert-OH is 1. The normalized spacial score (nSPS) is 20.5. The summed E-state index contributed by atoms with van der Waals surface area (Å²) < 4.78 is 11.2. The monoisotopic (exact) mass is 279 g/mol. The summed E-state index contributed by atoms with van der Waals surface area (Å²) in [6.45, 7) is 3.47. The molecule has 1 saturated heterocycles. The van der Waals surface area contributed by atoms with Crippen LogP contribution in [-0.2, 0) is 4.74 Å². The highest BCUT2D eigenvalue weighted by atomic mass is 16.5. The van der Waals surface area contributed by atoms with Gasteiger partial charge in [-0.15, -0.1) is 0 Å². The number of ether oxygens (including phenoxy) is 2. The van der Waals surface area contributed by atoms with Crippen molar-refractivity contribution in [1.29, 1.82) is 0 Å². The van der Waals surface area contributed by atoms with Crippen molar-refractivity contribution >= 4 is 5.69 Å². The standard InChI is InChI=1S/C16H25NO3/c1-12(18)16-14(8-6-9-15(16)19-3)17(2)11-13-7-4-5-10-20-13/h6,8-9,12-13,18H,4-5,7,10-11H2,1-3H3. The summed E-state index contributed by atoms with van der Waals surface area (Å²) in [5.41, 5.74) is 1.85. The zero-order valence-corrected chi connectivity index (χ0v) is 12.6. The van der Waals surface area contributed by atoms with Crippen LogP contribution >= 0.6 is 0 Å². The number of rotatable bonds is 5. The third kappa shape index (κ3) is 3.44. The number of aliphatic hydroxyl groups is 1. The van der Waals surface area contributed by atoms with Gasteiger partial charge < -0.3 is 19.5 Å². The van der Waals surface area contributed by atoms with Gasteiger partial charge in [-0.1, -0.05) is 6.07 Å². The van der Waals surface area contributed by atoms with Crippen LogP contribution in [0.2, 0.25) is 0 Å². The fourth-order valence-corrected chi connectivity index (χ4v) is 2.82. The van der Waals surface area contributed by atoms with Gasteiger partial charge in [0.2, 0.25) is 0 Å². The molecule has 4 heteroatoms. The van der Waals surface area contributed by atoms with Gasteiger partial charge in [-0.25, -0.2) is 0 Å². The van der Waals surface area contributed by atoms with Crippen molar-refractivity contribution in [2.75, 3.05) is 32.2 Å². The highest BCUT2D eigenvalue weighted by Gasteiger charge is 2.20. The fraction of sp³-hybridized carbons (Fsp3) is 0.625. The van der Waals surface area contributed by atoms with Crippen molar-refractivity contribution in [3.05, 3.63) is 23.8 Å². The van der Waals surface area contributed by atoms with Crippen molar-refractivity contribution in [2.24, 2.45) is 0 Å². The molecule has 4 nitrogen and oxygen atoms in total. The van der Waals surface area contributed by atoms with E-state index in [0.29, 0.717) is 0 Å². The molecule has 0 aliphatic carbocycles. The Kier molecular flexibility index (Phi) is 5.26. The molecule has 0 bridgehead atoms. The lowest BCUT2D eigenvalue weighted by atomic mass is 10.0. The maximum atomic E-state index is 10.0. The van der Waals surface area contributed by atoms with Crippen LogP contribution in [0, 0.1) is 0 Å². The third-order valence-electron chi connectivity index (χ3n) is 3.84. The molecule has 1 aliphatic rings. The van der Waals surface area contributed by atoms with Crippen LogP contribution in [0.5, 0.6) is 5.75 Å². The minimum absolute atomic E-state index is 0.279. The Balaban J connectivity index is 2.17. The van der Waals surface area contributed by atoms with Crippen LogP contribution in [0.15, 0.2) is 18.2 Å². The zero-order valence-electron chi connectivity index (χ0n) is 12.6. The Labute approximate surface area is 121 Å². The number of hydrogen-bond acceptors (Lipinski definition) is 4. The number of nitrogens with zero attached hydrogens (tertiary/aromatic N) is 1. The first-order chi connectivity index (χ1) is 9.63. The van der Waals surface area contributed by atoms with E-state index in [2.05, 4.69) is 4.90 Å². The molecule has 1 aliphatic heterocycles.